The number of hydrogen-bond acceptors (Lipinski definition) is 3. The lowest BCUT2D eigenvalue weighted by atomic mass is 10.1. The molecule has 106 valence electrons. The highest BCUT2D eigenvalue weighted by Gasteiger charge is 2.18. The van der Waals surface area contributed by atoms with Gasteiger partial charge < -0.3 is 14.8 Å². The molecule has 19 heavy (non-hydrogen) atoms. The fraction of sp³-hybridized carbons (Fsp3) is 0.600. The lowest BCUT2D eigenvalue weighted by molar-refractivity contribution is 0.238. The summed E-state index contributed by atoms with van der Waals surface area (Å²) < 4.78 is 11.4. The topological polar surface area (TPSA) is 30.5 Å². The molecule has 1 aliphatic rings. The van der Waals surface area contributed by atoms with Gasteiger partial charge in [0.05, 0.1) is 13.7 Å². The number of halogens is 1. The van der Waals surface area contributed by atoms with Crippen molar-refractivity contribution in [2.24, 2.45) is 5.92 Å². The van der Waals surface area contributed by atoms with Crippen LogP contribution in [0.1, 0.15) is 31.2 Å². The van der Waals surface area contributed by atoms with Gasteiger partial charge in [0.25, 0.3) is 0 Å². The van der Waals surface area contributed by atoms with E-state index >= 15 is 0 Å². The number of rotatable bonds is 6. The van der Waals surface area contributed by atoms with Gasteiger partial charge in [-0.1, -0.05) is 24.4 Å². The van der Waals surface area contributed by atoms with Crippen LogP contribution in [0.2, 0.25) is 5.02 Å². The molecule has 3 nitrogen and oxygen atoms in total. The normalized spacial score (nSPS) is 15.7. The van der Waals surface area contributed by atoms with Crippen molar-refractivity contribution < 1.29 is 9.47 Å². The van der Waals surface area contributed by atoms with Gasteiger partial charge in [-0.15, -0.1) is 0 Å². The van der Waals surface area contributed by atoms with Crippen LogP contribution in [-0.4, -0.2) is 20.8 Å². The van der Waals surface area contributed by atoms with Gasteiger partial charge in [0.2, 0.25) is 0 Å². The second kappa shape index (κ2) is 7.01. The summed E-state index contributed by atoms with van der Waals surface area (Å²) >= 11 is 6.10. The van der Waals surface area contributed by atoms with Crippen molar-refractivity contribution in [3.05, 3.63) is 22.7 Å². The molecule has 0 unspecified atom stereocenters. The van der Waals surface area contributed by atoms with E-state index in [-0.39, 0.29) is 0 Å². The van der Waals surface area contributed by atoms with Crippen LogP contribution in [0.15, 0.2) is 12.1 Å². The van der Waals surface area contributed by atoms with Crippen molar-refractivity contribution >= 4 is 11.6 Å². The lowest BCUT2D eigenvalue weighted by Crippen LogP contribution is -2.12. The van der Waals surface area contributed by atoms with Gasteiger partial charge in [-0.25, -0.2) is 0 Å². The van der Waals surface area contributed by atoms with E-state index in [0.29, 0.717) is 10.9 Å². The molecule has 0 amide bonds. The summed E-state index contributed by atoms with van der Waals surface area (Å²) in [6.45, 7) is 1.49. The first-order valence-electron chi connectivity index (χ1n) is 6.88. The standard InChI is InChI=1S/C15H22ClNO2/c1-17-9-12-7-13(16)8-14(18-2)15(12)19-10-11-5-3-4-6-11/h7-8,11,17H,3-6,9-10H2,1-2H3. The van der Waals surface area contributed by atoms with Crippen LogP contribution in [0.3, 0.4) is 0 Å². The maximum Gasteiger partial charge on any atom is 0.165 e. The van der Waals surface area contributed by atoms with E-state index in [2.05, 4.69) is 5.32 Å². The highest BCUT2D eigenvalue weighted by Crippen LogP contribution is 2.36. The molecule has 0 aliphatic heterocycles. The minimum atomic E-state index is 0.676. The Labute approximate surface area is 120 Å². The monoisotopic (exact) mass is 283 g/mol. The number of benzene rings is 1. The van der Waals surface area contributed by atoms with Crippen LogP contribution >= 0.6 is 11.6 Å². The quantitative estimate of drug-likeness (QED) is 0.865. The molecule has 2 rings (SSSR count). The molecule has 4 heteroatoms. The second-order valence-corrected chi connectivity index (χ2v) is 5.52. The lowest BCUT2D eigenvalue weighted by Gasteiger charge is -2.18. The number of hydrogen-bond donors (Lipinski definition) is 1. The smallest absolute Gasteiger partial charge is 0.165 e. The first-order chi connectivity index (χ1) is 9.24. The van der Waals surface area contributed by atoms with Crippen LogP contribution < -0.4 is 14.8 Å². The van der Waals surface area contributed by atoms with E-state index in [1.807, 2.05) is 19.2 Å². The van der Waals surface area contributed by atoms with E-state index < -0.39 is 0 Å². The Balaban J connectivity index is 2.14. The van der Waals surface area contributed by atoms with Gasteiger partial charge in [-0.2, -0.15) is 0 Å². The minimum absolute atomic E-state index is 0.676. The summed E-state index contributed by atoms with van der Waals surface area (Å²) in [5.74, 6) is 2.23. The molecule has 0 saturated heterocycles. The molecular formula is C15H22ClNO2. The highest BCUT2D eigenvalue weighted by molar-refractivity contribution is 6.30. The van der Waals surface area contributed by atoms with E-state index in [4.69, 9.17) is 21.1 Å². The molecule has 1 N–H and O–H groups in total. The zero-order valence-corrected chi connectivity index (χ0v) is 12.4. The summed E-state index contributed by atoms with van der Waals surface area (Å²) in [5, 5.41) is 3.81. The van der Waals surface area contributed by atoms with Crippen molar-refractivity contribution in [2.45, 2.75) is 32.2 Å². The van der Waals surface area contributed by atoms with Gasteiger partial charge in [0.1, 0.15) is 0 Å². The van der Waals surface area contributed by atoms with Gasteiger partial charge in [-0.3, -0.25) is 0 Å². The predicted octanol–water partition coefficient (Wildman–Crippen LogP) is 3.64. The SMILES string of the molecule is CNCc1cc(Cl)cc(OC)c1OCC1CCCC1. The van der Waals surface area contributed by atoms with Gasteiger partial charge in [0.15, 0.2) is 11.5 Å². The molecule has 1 saturated carbocycles. The Morgan fingerprint density at radius 3 is 2.68 bits per heavy atom. The van der Waals surface area contributed by atoms with Crippen molar-refractivity contribution in [3.8, 4) is 11.5 Å². The fourth-order valence-corrected chi connectivity index (χ4v) is 2.87. The Morgan fingerprint density at radius 1 is 1.32 bits per heavy atom. The molecule has 0 atom stereocenters. The van der Waals surface area contributed by atoms with Gasteiger partial charge >= 0.3 is 0 Å². The fourth-order valence-electron chi connectivity index (χ4n) is 2.64. The van der Waals surface area contributed by atoms with Crippen LogP contribution in [0.5, 0.6) is 11.5 Å². The molecule has 1 aromatic rings. The Bertz CT molecular complexity index is 417. The van der Waals surface area contributed by atoms with Gasteiger partial charge in [0, 0.05) is 23.2 Å². The average Bonchev–Trinajstić information content (AvgIpc) is 2.90. The minimum Gasteiger partial charge on any atom is -0.493 e. The van der Waals surface area contributed by atoms with E-state index in [1.165, 1.54) is 25.7 Å². The zero-order valence-electron chi connectivity index (χ0n) is 11.7. The van der Waals surface area contributed by atoms with E-state index in [0.717, 1.165) is 30.2 Å². The summed E-state index contributed by atoms with van der Waals surface area (Å²) in [6.07, 6.45) is 5.21. The summed E-state index contributed by atoms with van der Waals surface area (Å²) in [5.41, 5.74) is 1.05. The molecule has 0 bridgehead atoms. The van der Waals surface area contributed by atoms with Crippen molar-refractivity contribution in [3.63, 3.8) is 0 Å². The van der Waals surface area contributed by atoms with Crippen LogP contribution in [-0.2, 0) is 6.54 Å². The van der Waals surface area contributed by atoms with Crippen LogP contribution in [0.4, 0.5) is 0 Å². The number of ether oxygens (including phenoxy) is 2. The predicted molar refractivity (Wildman–Crippen MR) is 78.2 cm³/mol. The summed E-state index contributed by atoms with van der Waals surface area (Å²) in [4.78, 5) is 0. The highest BCUT2D eigenvalue weighted by atomic mass is 35.5. The Kier molecular flexibility index (Phi) is 5.34. The Morgan fingerprint density at radius 2 is 2.05 bits per heavy atom. The average molecular weight is 284 g/mol. The maximum atomic E-state index is 6.10. The van der Waals surface area contributed by atoms with Gasteiger partial charge in [-0.05, 0) is 31.9 Å². The van der Waals surface area contributed by atoms with E-state index in [9.17, 15) is 0 Å². The van der Waals surface area contributed by atoms with Crippen molar-refractivity contribution in [1.82, 2.24) is 5.32 Å². The number of methoxy groups -OCH3 is 1. The molecule has 0 spiro atoms. The van der Waals surface area contributed by atoms with Crippen molar-refractivity contribution in [2.75, 3.05) is 20.8 Å². The third-order valence-electron chi connectivity index (χ3n) is 3.62. The first kappa shape index (κ1) is 14.5. The molecule has 1 aromatic carbocycles. The second-order valence-electron chi connectivity index (χ2n) is 5.09. The number of nitrogens with one attached hydrogen (secondary N) is 1. The molecule has 1 fully saturated rings. The van der Waals surface area contributed by atoms with Crippen LogP contribution in [0.25, 0.3) is 0 Å². The maximum absolute atomic E-state index is 6.10. The summed E-state index contributed by atoms with van der Waals surface area (Å²) in [7, 11) is 3.56. The first-order valence-corrected chi connectivity index (χ1v) is 7.26. The summed E-state index contributed by atoms with van der Waals surface area (Å²) in [6, 6.07) is 3.75. The van der Waals surface area contributed by atoms with Crippen LogP contribution in [0, 0.1) is 5.92 Å². The van der Waals surface area contributed by atoms with Crippen molar-refractivity contribution in [1.29, 1.82) is 0 Å². The largest absolute Gasteiger partial charge is 0.493 e. The molecule has 0 radical (unpaired) electrons. The Hall–Kier alpha value is -0.930. The third kappa shape index (κ3) is 3.77. The molecule has 1 aliphatic carbocycles. The third-order valence-corrected chi connectivity index (χ3v) is 3.84. The molecule has 0 aromatic heterocycles. The molecular weight excluding hydrogens is 262 g/mol. The van der Waals surface area contributed by atoms with E-state index in [1.54, 1.807) is 7.11 Å². The molecule has 0 heterocycles. The zero-order chi connectivity index (χ0) is 13.7.